The van der Waals surface area contributed by atoms with Crippen LogP contribution < -0.4 is 5.32 Å². The number of nitrogens with one attached hydrogen (secondary N) is 1. The monoisotopic (exact) mass is 321 g/mol. The van der Waals surface area contributed by atoms with Crippen LogP contribution in [0.4, 0.5) is 17.3 Å². The summed E-state index contributed by atoms with van der Waals surface area (Å²) in [4.78, 5) is 33.3. The number of aryl methyl sites for hydroxylation is 1. The highest BCUT2D eigenvalue weighted by Crippen LogP contribution is 2.23. The van der Waals surface area contributed by atoms with Crippen LogP contribution in [0.25, 0.3) is 0 Å². The van der Waals surface area contributed by atoms with Crippen LogP contribution in [0.2, 0.25) is 0 Å². The van der Waals surface area contributed by atoms with Crippen molar-refractivity contribution < 1.29 is 14.6 Å². The Hall–Kier alpha value is -3.44. The minimum absolute atomic E-state index is 0.0994. The topological polar surface area (TPSA) is 159 Å². The highest BCUT2D eigenvalue weighted by Gasteiger charge is 2.20. The molecular weight excluding hydrogens is 310 g/mol. The number of hydrogen-bond acceptors (Lipinski definition) is 8. The highest BCUT2D eigenvalue weighted by atomic mass is 16.6. The van der Waals surface area contributed by atoms with Crippen molar-refractivity contribution in [2.45, 2.75) is 19.9 Å². The molecule has 12 nitrogen and oxygen atoms in total. The third kappa shape index (κ3) is 3.81. The largest absolute Gasteiger partial charge is 0.288 e. The first-order valence-corrected chi connectivity index (χ1v) is 6.43. The smallest absolute Gasteiger partial charge is 0.277 e. The molecule has 120 valence electrons. The number of anilines is 1. The van der Waals surface area contributed by atoms with Gasteiger partial charge >= 0.3 is 0 Å². The molecule has 0 atom stereocenters. The zero-order valence-corrected chi connectivity index (χ0v) is 11.9. The maximum absolute atomic E-state index is 12.1. The lowest BCUT2D eigenvalue weighted by molar-refractivity contribution is -0.394. The van der Waals surface area contributed by atoms with Crippen LogP contribution in [-0.2, 0) is 6.54 Å². The van der Waals surface area contributed by atoms with Crippen molar-refractivity contribution in [2.24, 2.45) is 0 Å². The molecule has 1 amide bonds. The maximum atomic E-state index is 12.1. The van der Waals surface area contributed by atoms with Gasteiger partial charge in [0.25, 0.3) is 23.2 Å². The minimum atomic E-state index is -0.820. The van der Waals surface area contributed by atoms with E-state index in [1.165, 1.54) is 4.80 Å². The third-order valence-electron chi connectivity index (χ3n) is 2.69. The van der Waals surface area contributed by atoms with Crippen LogP contribution in [-0.4, -0.2) is 36.0 Å². The number of hydrogen-bond donors (Lipinski definition) is 1. The molecule has 0 fully saturated rings. The Morgan fingerprint density at radius 1 is 1.22 bits per heavy atom. The molecule has 0 radical (unpaired) electrons. The van der Waals surface area contributed by atoms with Crippen molar-refractivity contribution in [1.82, 2.24) is 20.2 Å². The molecule has 12 heteroatoms. The van der Waals surface area contributed by atoms with Crippen LogP contribution in [0.5, 0.6) is 0 Å². The number of nitro groups is 2. The fourth-order valence-corrected chi connectivity index (χ4v) is 1.70. The summed E-state index contributed by atoms with van der Waals surface area (Å²) in [5.41, 5.74) is -1.38. The average molecular weight is 321 g/mol. The highest BCUT2D eigenvalue weighted by molar-refractivity contribution is 6.04. The Bertz CT molecular complexity index is 740. The summed E-state index contributed by atoms with van der Waals surface area (Å²) in [5, 5.41) is 35.0. The molecule has 2 rings (SSSR count). The van der Waals surface area contributed by atoms with Gasteiger partial charge in [-0.1, -0.05) is 12.0 Å². The van der Waals surface area contributed by atoms with Gasteiger partial charge in [-0.05, 0) is 11.6 Å². The lowest BCUT2D eigenvalue weighted by Crippen LogP contribution is -2.14. The predicted octanol–water partition coefficient (Wildman–Crippen LogP) is 1.15. The SMILES string of the molecule is CCCn1nnc(NC(=O)c2cc([N+](=O)[O-])cc([N+](=O)[O-])c2)n1. The second-order valence-corrected chi connectivity index (χ2v) is 4.42. The van der Waals surface area contributed by atoms with Crippen molar-refractivity contribution in [3.8, 4) is 0 Å². The number of benzene rings is 1. The second kappa shape index (κ2) is 6.55. The van der Waals surface area contributed by atoms with Gasteiger partial charge in [-0.2, -0.15) is 4.80 Å². The number of carbonyl (C=O) groups is 1. The van der Waals surface area contributed by atoms with E-state index in [0.717, 1.165) is 24.6 Å². The second-order valence-electron chi connectivity index (χ2n) is 4.42. The molecule has 1 aromatic heterocycles. The van der Waals surface area contributed by atoms with Crippen molar-refractivity contribution in [3.05, 3.63) is 44.0 Å². The molecule has 0 unspecified atom stereocenters. The first kappa shape index (κ1) is 15.9. The fraction of sp³-hybridized carbons (Fsp3) is 0.273. The zero-order valence-electron chi connectivity index (χ0n) is 11.9. The number of amides is 1. The van der Waals surface area contributed by atoms with Crippen molar-refractivity contribution in [1.29, 1.82) is 0 Å². The van der Waals surface area contributed by atoms with Gasteiger partial charge in [0.05, 0.1) is 28.0 Å². The lowest BCUT2D eigenvalue weighted by atomic mass is 10.1. The Balaban J connectivity index is 2.26. The summed E-state index contributed by atoms with van der Waals surface area (Å²) in [5.74, 6) is -0.912. The van der Waals surface area contributed by atoms with Gasteiger partial charge in [-0.25, -0.2) is 0 Å². The van der Waals surface area contributed by atoms with E-state index in [1.807, 2.05) is 6.92 Å². The third-order valence-corrected chi connectivity index (χ3v) is 2.69. The summed E-state index contributed by atoms with van der Waals surface area (Å²) in [6, 6.07) is 2.63. The molecule has 23 heavy (non-hydrogen) atoms. The maximum Gasteiger partial charge on any atom is 0.277 e. The normalized spacial score (nSPS) is 10.3. The molecule has 1 heterocycles. The van der Waals surface area contributed by atoms with Gasteiger partial charge in [-0.15, -0.1) is 5.10 Å². The van der Waals surface area contributed by atoms with Crippen LogP contribution in [0, 0.1) is 20.2 Å². The van der Waals surface area contributed by atoms with Gasteiger partial charge in [-0.3, -0.25) is 30.3 Å². The molecule has 0 bridgehead atoms. The van der Waals surface area contributed by atoms with Crippen LogP contribution in [0.3, 0.4) is 0 Å². The van der Waals surface area contributed by atoms with Crippen molar-refractivity contribution >= 4 is 23.2 Å². The molecular formula is C11H11N7O5. The number of aromatic nitrogens is 4. The minimum Gasteiger partial charge on any atom is -0.288 e. The molecule has 0 aliphatic heterocycles. The lowest BCUT2D eigenvalue weighted by Gasteiger charge is -2.01. The van der Waals surface area contributed by atoms with E-state index in [-0.39, 0.29) is 11.5 Å². The predicted molar refractivity (Wildman–Crippen MR) is 75.8 cm³/mol. The summed E-state index contributed by atoms with van der Waals surface area (Å²) in [6.07, 6.45) is 0.765. The number of nitro benzene ring substituents is 2. The Labute approximate surface area is 128 Å². The molecule has 0 aliphatic carbocycles. The number of non-ortho nitro benzene ring substituents is 2. The summed E-state index contributed by atoms with van der Waals surface area (Å²) in [7, 11) is 0. The molecule has 0 saturated carbocycles. The first-order chi connectivity index (χ1) is 10.9. The van der Waals surface area contributed by atoms with Gasteiger partial charge in [0.15, 0.2) is 0 Å². The summed E-state index contributed by atoms with van der Waals surface area (Å²) < 4.78 is 0. The van der Waals surface area contributed by atoms with E-state index in [9.17, 15) is 25.0 Å². The Morgan fingerprint density at radius 2 is 1.83 bits per heavy atom. The summed E-state index contributed by atoms with van der Waals surface area (Å²) >= 11 is 0. The number of rotatable bonds is 6. The van der Waals surface area contributed by atoms with Crippen LogP contribution in [0.1, 0.15) is 23.7 Å². The van der Waals surface area contributed by atoms with Gasteiger partial charge in [0.1, 0.15) is 0 Å². The molecule has 1 aromatic carbocycles. The van der Waals surface area contributed by atoms with E-state index in [1.54, 1.807) is 0 Å². The average Bonchev–Trinajstić information content (AvgIpc) is 2.94. The quantitative estimate of drug-likeness (QED) is 0.612. The van der Waals surface area contributed by atoms with E-state index in [4.69, 9.17) is 0 Å². The van der Waals surface area contributed by atoms with E-state index in [2.05, 4.69) is 20.7 Å². The molecule has 0 saturated heterocycles. The molecule has 0 aliphatic rings. The van der Waals surface area contributed by atoms with Crippen LogP contribution >= 0.6 is 0 Å². The fourth-order valence-electron chi connectivity index (χ4n) is 1.70. The van der Waals surface area contributed by atoms with Crippen LogP contribution in [0.15, 0.2) is 18.2 Å². The van der Waals surface area contributed by atoms with Gasteiger partial charge in [0.2, 0.25) is 0 Å². The van der Waals surface area contributed by atoms with Crippen molar-refractivity contribution in [3.63, 3.8) is 0 Å². The molecule has 1 N–H and O–H groups in total. The molecule has 0 spiro atoms. The van der Waals surface area contributed by atoms with E-state index < -0.39 is 27.1 Å². The van der Waals surface area contributed by atoms with Gasteiger partial charge in [0, 0.05) is 12.1 Å². The number of nitrogens with zero attached hydrogens (tertiary/aromatic N) is 6. The standard InChI is InChI=1S/C11H11N7O5/c1-2-3-16-14-11(13-15-16)12-10(19)7-4-8(17(20)21)6-9(5-7)18(22)23/h4-6H,2-3H2,1H3,(H,12,14,19). The Kier molecular flexibility index (Phi) is 4.54. The summed E-state index contributed by atoms with van der Waals surface area (Å²) in [6.45, 7) is 2.41. The number of tetrazole rings is 1. The van der Waals surface area contributed by atoms with E-state index in [0.29, 0.717) is 6.54 Å². The van der Waals surface area contributed by atoms with Gasteiger partial charge < -0.3 is 0 Å². The van der Waals surface area contributed by atoms with E-state index >= 15 is 0 Å². The molecule has 2 aromatic rings. The Morgan fingerprint density at radius 3 is 2.35 bits per heavy atom. The number of carbonyl (C=O) groups excluding carboxylic acids is 1. The van der Waals surface area contributed by atoms with Crippen molar-refractivity contribution in [2.75, 3.05) is 5.32 Å². The zero-order chi connectivity index (χ0) is 17.0. The first-order valence-electron chi connectivity index (χ1n) is 6.43.